The Morgan fingerprint density at radius 1 is 1.00 bits per heavy atom. The Morgan fingerprint density at radius 2 is 1.50 bits per heavy atom. The summed E-state index contributed by atoms with van der Waals surface area (Å²) in [5.41, 5.74) is 0. The first kappa shape index (κ1) is 17.5. The number of hydrogen-bond donors (Lipinski definition) is 1. The van der Waals surface area contributed by atoms with Crippen molar-refractivity contribution in [3.8, 4) is 0 Å². The first-order valence-corrected chi connectivity index (χ1v) is 5.44. The summed E-state index contributed by atoms with van der Waals surface area (Å²) in [7, 11) is 2.52. The maximum atomic E-state index is 12.4. The SMILES string of the molecule is CNC(CCCCOC)C(C(F)(F)F)C(F)(F)F. The van der Waals surface area contributed by atoms with E-state index in [0.29, 0.717) is 13.0 Å². The predicted octanol–water partition coefficient (Wildman–Crippen LogP) is 3.13. The average molecular weight is 281 g/mol. The topological polar surface area (TPSA) is 21.3 Å². The summed E-state index contributed by atoms with van der Waals surface area (Å²) < 4.78 is 79.4. The summed E-state index contributed by atoms with van der Waals surface area (Å²) in [6.07, 6.45) is -10.1. The van der Waals surface area contributed by atoms with Crippen molar-refractivity contribution in [2.75, 3.05) is 20.8 Å². The Hall–Kier alpha value is -0.500. The molecule has 0 aliphatic heterocycles. The third kappa shape index (κ3) is 5.90. The maximum absolute atomic E-state index is 12.4. The molecule has 18 heavy (non-hydrogen) atoms. The number of nitrogens with one attached hydrogen (secondary N) is 1. The Morgan fingerprint density at radius 3 is 1.83 bits per heavy atom. The van der Waals surface area contributed by atoms with Crippen LogP contribution in [0.15, 0.2) is 0 Å². The molecule has 1 atom stereocenters. The molecule has 0 aliphatic rings. The van der Waals surface area contributed by atoms with Crippen LogP contribution < -0.4 is 5.32 Å². The van der Waals surface area contributed by atoms with Crippen molar-refractivity contribution >= 4 is 0 Å². The number of methoxy groups -OCH3 is 1. The molecule has 0 saturated heterocycles. The second kappa shape index (κ2) is 7.18. The molecule has 0 spiro atoms. The van der Waals surface area contributed by atoms with Crippen molar-refractivity contribution in [1.82, 2.24) is 5.32 Å². The molecule has 0 heterocycles. The summed E-state index contributed by atoms with van der Waals surface area (Å²) in [6, 6.07) is -1.66. The Labute approximate surface area is 102 Å². The molecule has 2 nitrogen and oxygen atoms in total. The first-order chi connectivity index (χ1) is 8.14. The number of ether oxygens (including phenoxy) is 1. The fourth-order valence-electron chi connectivity index (χ4n) is 1.73. The summed E-state index contributed by atoms with van der Waals surface area (Å²) in [6.45, 7) is 0.319. The van der Waals surface area contributed by atoms with Gasteiger partial charge in [0.2, 0.25) is 0 Å². The lowest BCUT2D eigenvalue weighted by Gasteiger charge is -2.30. The van der Waals surface area contributed by atoms with Gasteiger partial charge in [-0.1, -0.05) is 0 Å². The van der Waals surface area contributed by atoms with Crippen LogP contribution in [-0.2, 0) is 4.74 Å². The van der Waals surface area contributed by atoms with Gasteiger partial charge in [0.1, 0.15) is 0 Å². The molecule has 0 aromatic rings. The zero-order valence-corrected chi connectivity index (χ0v) is 10.2. The van der Waals surface area contributed by atoms with Gasteiger partial charge in [-0.3, -0.25) is 0 Å². The highest BCUT2D eigenvalue weighted by Crippen LogP contribution is 2.42. The summed E-state index contributed by atoms with van der Waals surface area (Å²) >= 11 is 0. The molecule has 0 aromatic carbocycles. The van der Waals surface area contributed by atoms with Crippen LogP contribution in [0.25, 0.3) is 0 Å². The molecule has 0 radical (unpaired) electrons. The zero-order chi connectivity index (χ0) is 14.4. The molecule has 0 bridgehead atoms. The molecule has 0 rings (SSSR count). The highest BCUT2D eigenvalue weighted by atomic mass is 19.4. The minimum absolute atomic E-state index is 0.205. The van der Waals surface area contributed by atoms with Crippen LogP contribution >= 0.6 is 0 Å². The van der Waals surface area contributed by atoms with Gasteiger partial charge in [0.05, 0.1) is 0 Å². The fraction of sp³-hybridized carbons (Fsp3) is 1.00. The number of halogens is 6. The molecule has 0 aromatic heterocycles. The van der Waals surface area contributed by atoms with E-state index in [0.717, 1.165) is 7.05 Å². The van der Waals surface area contributed by atoms with Crippen LogP contribution in [0.4, 0.5) is 26.3 Å². The van der Waals surface area contributed by atoms with Gasteiger partial charge in [0, 0.05) is 19.8 Å². The van der Waals surface area contributed by atoms with E-state index in [1.807, 2.05) is 0 Å². The van der Waals surface area contributed by atoms with Crippen molar-refractivity contribution in [2.24, 2.45) is 5.92 Å². The quantitative estimate of drug-likeness (QED) is 0.572. The molecule has 0 amide bonds. The molecular weight excluding hydrogens is 264 g/mol. The van der Waals surface area contributed by atoms with Crippen LogP contribution in [0, 0.1) is 5.92 Å². The molecule has 0 aliphatic carbocycles. The predicted molar refractivity (Wildman–Crippen MR) is 54.2 cm³/mol. The summed E-state index contributed by atoms with van der Waals surface area (Å²) in [5.74, 6) is -3.34. The lowest BCUT2D eigenvalue weighted by molar-refractivity contribution is -0.291. The third-order valence-electron chi connectivity index (χ3n) is 2.59. The van der Waals surface area contributed by atoms with E-state index in [2.05, 4.69) is 10.1 Å². The van der Waals surface area contributed by atoms with E-state index in [1.54, 1.807) is 0 Å². The minimum Gasteiger partial charge on any atom is -0.385 e. The van der Waals surface area contributed by atoms with Gasteiger partial charge in [-0.15, -0.1) is 0 Å². The zero-order valence-electron chi connectivity index (χ0n) is 10.2. The molecule has 0 fully saturated rings. The van der Waals surface area contributed by atoms with Crippen molar-refractivity contribution < 1.29 is 31.1 Å². The standard InChI is InChI=1S/C10H17F6NO/c1-17-7(5-3-4-6-18-2)8(9(11,12)13)10(14,15)16/h7-8,17H,3-6H2,1-2H3. The van der Waals surface area contributed by atoms with Gasteiger partial charge in [-0.05, 0) is 26.3 Å². The fourth-order valence-corrected chi connectivity index (χ4v) is 1.73. The smallest absolute Gasteiger partial charge is 0.385 e. The van der Waals surface area contributed by atoms with Gasteiger partial charge in [-0.25, -0.2) is 0 Å². The summed E-state index contributed by atoms with van der Waals surface area (Å²) in [4.78, 5) is 0. The average Bonchev–Trinajstić information content (AvgIpc) is 2.18. The van der Waals surface area contributed by atoms with Gasteiger partial charge >= 0.3 is 12.4 Å². The molecule has 0 saturated carbocycles. The van der Waals surface area contributed by atoms with Crippen LogP contribution in [0.3, 0.4) is 0 Å². The number of unbranched alkanes of at least 4 members (excludes halogenated alkanes) is 1. The minimum atomic E-state index is -5.30. The van der Waals surface area contributed by atoms with Crippen LogP contribution in [-0.4, -0.2) is 39.2 Å². The molecular formula is C10H17F6NO. The molecule has 1 unspecified atom stereocenters. The number of hydrogen-bond acceptors (Lipinski definition) is 2. The van der Waals surface area contributed by atoms with E-state index in [4.69, 9.17) is 0 Å². The highest BCUT2D eigenvalue weighted by Gasteiger charge is 2.59. The monoisotopic (exact) mass is 281 g/mol. The first-order valence-electron chi connectivity index (χ1n) is 5.44. The van der Waals surface area contributed by atoms with Crippen molar-refractivity contribution in [1.29, 1.82) is 0 Å². The van der Waals surface area contributed by atoms with Crippen LogP contribution in [0.1, 0.15) is 19.3 Å². The van der Waals surface area contributed by atoms with E-state index >= 15 is 0 Å². The molecule has 1 N–H and O–H groups in total. The normalized spacial score (nSPS) is 15.2. The molecule has 110 valence electrons. The van der Waals surface area contributed by atoms with E-state index in [-0.39, 0.29) is 12.8 Å². The maximum Gasteiger partial charge on any atom is 0.401 e. The lowest BCUT2D eigenvalue weighted by Crippen LogP contribution is -2.50. The van der Waals surface area contributed by atoms with E-state index < -0.39 is 24.3 Å². The van der Waals surface area contributed by atoms with E-state index in [1.165, 1.54) is 7.11 Å². The van der Waals surface area contributed by atoms with Gasteiger partial charge in [0.25, 0.3) is 0 Å². The second-order valence-electron chi connectivity index (χ2n) is 3.94. The van der Waals surface area contributed by atoms with Crippen molar-refractivity contribution in [2.45, 2.75) is 37.7 Å². The summed E-state index contributed by atoms with van der Waals surface area (Å²) in [5, 5.41) is 2.11. The lowest BCUT2D eigenvalue weighted by atomic mass is 9.94. The van der Waals surface area contributed by atoms with E-state index in [9.17, 15) is 26.3 Å². The van der Waals surface area contributed by atoms with Crippen LogP contribution in [0.5, 0.6) is 0 Å². The number of alkyl halides is 6. The third-order valence-corrected chi connectivity index (χ3v) is 2.59. The Bertz CT molecular complexity index is 213. The number of rotatable bonds is 7. The van der Waals surface area contributed by atoms with Crippen molar-refractivity contribution in [3.05, 3.63) is 0 Å². The largest absolute Gasteiger partial charge is 0.401 e. The Balaban J connectivity index is 4.64. The Kier molecular flexibility index (Phi) is 6.98. The molecule has 8 heteroatoms. The van der Waals surface area contributed by atoms with Crippen molar-refractivity contribution in [3.63, 3.8) is 0 Å². The van der Waals surface area contributed by atoms with Gasteiger partial charge in [0.15, 0.2) is 5.92 Å². The second-order valence-corrected chi connectivity index (χ2v) is 3.94. The van der Waals surface area contributed by atoms with Gasteiger partial charge < -0.3 is 10.1 Å². The van der Waals surface area contributed by atoms with Gasteiger partial charge in [-0.2, -0.15) is 26.3 Å². The highest BCUT2D eigenvalue weighted by molar-refractivity contribution is 4.86. The van der Waals surface area contributed by atoms with Crippen LogP contribution in [0.2, 0.25) is 0 Å².